The molecular weight excluding hydrogens is 276 g/mol. The van der Waals surface area contributed by atoms with Crippen molar-refractivity contribution in [1.29, 1.82) is 0 Å². The third-order valence-electron chi connectivity index (χ3n) is 4.19. The maximum Gasteiger partial charge on any atom is 0.133 e. The SMILES string of the molecule is Cc1cc(CN(Cc2ccccn2)[C@H]2CCCNCC2)no1. The molecule has 22 heavy (non-hydrogen) atoms. The lowest BCUT2D eigenvalue weighted by molar-refractivity contribution is 0.158. The molecule has 0 unspecified atom stereocenters. The lowest BCUT2D eigenvalue weighted by atomic mass is 10.1. The second kappa shape index (κ2) is 7.51. The summed E-state index contributed by atoms with van der Waals surface area (Å²) in [7, 11) is 0. The normalized spacial score (nSPS) is 19.3. The van der Waals surface area contributed by atoms with E-state index < -0.39 is 0 Å². The molecule has 0 saturated carbocycles. The highest BCUT2D eigenvalue weighted by molar-refractivity contribution is 5.06. The van der Waals surface area contributed by atoms with Crippen LogP contribution >= 0.6 is 0 Å². The van der Waals surface area contributed by atoms with Gasteiger partial charge in [0.2, 0.25) is 0 Å². The molecule has 1 atom stereocenters. The molecule has 5 heteroatoms. The van der Waals surface area contributed by atoms with Gasteiger partial charge in [-0.1, -0.05) is 11.2 Å². The molecule has 0 bridgehead atoms. The minimum Gasteiger partial charge on any atom is -0.361 e. The van der Waals surface area contributed by atoms with Crippen LogP contribution in [0.3, 0.4) is 0 Å². The van der Waals surface area contributed by atoms with Gasteiger partial charge in [0.05, 0.1) is 11.4 Å². The third-order valence-corrected chi connectivity index (χ3v) is 4.19. The molecule has 0 aliphatic carbocycles. The van der Waals surface area contributed by atoms with Crippen LogP contribution in [0.2, 0.25) is 0 Å². The van der Waals surface area contributed by atoms with Gasteiger partial charge in [-0.05, 0) is 51.4 Å². The number of aryl methyl sites for hydroxylation is 1. The van der Waals surface area contributed by atoms with Gasteiger partial charge in [0.15, 0.2) is 0 Å². The summed E-state index contributed by atoms with van der Waals surface area (Å²) in [6.45, 7) is 5.82. The number of nitrogens with one attached hydrogen (secondary N) is 1. The molecule has 0 amide bonds. The highest BCUT2D eigenvalue weighted by atomic mass is 16.5. The van der Waals surface area contributed by atoms with E-state index in [9.17, 15) is 0 Å². The van der Waals surface area contributed by atoms with Crippen LogP contribution in [0, 0.1) is 6.92 Å². The van der Waals surface area contributed by atoms with E-state index in [2.05, 4.69) is 32.5 Å². The molecule has 2 aromatic rings. The Bertz CT molecular complexity index is 561. The van der Waals surface area contributed by atoms with Crippen LogP contribution in [0.1, 0.15) is 36.4 Å². The molecule has 0 aromatic carbocycles. The van der Waals surface area contributed by atoms with E-state index in [0.29, 0.717) is 6.04 Å². The fourth-order valence-electron chi connectivity index (χ4n) is 3.08. The molecule has 3 heterocycles. The minimum absolute atomic E-state index is 0.564. The van der Waals surface area contributed by atoms with Gasteiger partial charge in [0.25, 0.3) is 0 Å². The largest absolute Gasteiger partial charge is 0.361 e. The summed E-state index contributed by atoms with van der Waals surface area (Å²) in [5, 5.41) is 7.65. The smallest absolute Gasteiger partial charge is 0.133 e. The monoisotopic (exact) mass is 300 g/mol. The maximum absolute atomic E-state index is 5.22. The summed E-state index contributed by atoms with van der Waals surface area (Å²) in [4.78, 5) is 6.98. The summed E-state index contributed by atoms with van der Waals surface area (Å²) in [5.74, 6) is 0.871. The first-order valence-corrected chi connectivity index (χ1v) is 8.08. The van der Waals surface area contributed by atoms with Crippen molar-refractivity contribution in [3.63, 3.8) is 0 Å². The van der Waals surface area contributed by atoms with Gasteiger partial charge in [0.1, 0.15) is 5.76 Å². The molecule has 1 N–H and O–H groups in total. The van der Waals surface area contributed by atoms with Gasteiger partial charge >= 0.3 is 0 Å². The van der Waals surface area contributed by atoms with Crippen LogP contribution in [-0.4, -0.2) is 34.2 Å². The van der Waals surface area contributed by atoms with Crippen molar-refractivity contribution in [3.05, 3.63) is 47.6 Å². The molecule has 118 valence electrons. The van der Waals surface area contributed by atoms with Crippen molar-refractivity contribution in [1.82, 2.24) is 20.4 Å². The predicted octanol–water partition coefficient (Wildman–Crippen LogP) is 2.52. The van der Waals surface area contributed by atoms with E-state index in [1.165, 1.54) is 19.3 Å². The van der Waals surface area contributed by atoms with Gasteiger partial charge in [-0.2, -0.15) is 0 Å². The lowest BCUT2D eigenvalue weighted by Crippen LogP contribution is -2.35. The highest BCUT2D eigenvalue weighted by Gasteiger charge is 2.21. The minimum atomic E-state index is 0.564. The predicted molar refractivity (Wildman–Crippen MR) is 85.2 cm³/mol. The summed E-state index contributed by atoms with van der Waals surface area (Å²) >= 11 is 0. The van der Waals surface area contributed by atoms with Gasteiger partial charge in [-0.3, -0.25) is 9.88 Å². The molecule has 0 radical (unpaired) electrons. The van der Waals surface area contributed by atoms with Crippen LogP contribution < -0.4 is 5.32 Å². The van der Waals surface area contributed by atoms with Crippen LogP contribution in [-0.2, 0) is 13.1 Å². The molecule has 1 fully saturated rings. The average Bonchev–Trinajstić information content (AvgIpc) is 2.78. The Morgan fingerprint density at radius 3 is 2.91 bits per heavy atom. The summed E-state index contributed by atoms with van der Waals surface area (Å²) in [6.07, 6.45) is 5.48. The molecular formula is C17H24N4O. The van der Waals surface area contributed by atoms with Gasteiger partial charge < -0.3 is 9.84 Å². The quantitative estimate of drug-likeness (QED) is 0.919. The van der Waals surface area contributed by atoms with E-state index in [1.54, 1.807) is 0 Å². The highest BCUT2D eigenvalue weighted by Crippen LogP contribution is 2.19. The van der Waals surface area contributed by atoms with Gasteiger partial charge in [0, 0.05) is 31.4 Å². The summed E-state index contributed by atoms with van der Waals surface area (Å²) in [6, 6.07) is 8.70. The second-order valence-corrected chi connectivity index (χ2v) is 5.99. The molecule has 5 nitrogen and oxygen atoms in total. The number of pyridine rings is 1. The van der Waals surface area contributed by atoms with Crippen molar-refractivity contribution in [3.8, 4) is 0 Å². The standard InChI is InChI=1S/C17H24N4O/c1-14-11-16(20-22-14)13-21(12-15-5-2-3-9-19-15)17-6-4-8-18-10-7-17/h2-3,5,9,11,17-18H,4,6-8,10,12-13H2,1H3/t17-/m0/s1. The van der Waals surface area contributed by atoms with Gasteiger partial charge in [-0.25, -0.2) is 0 Å². The Labute approximate surface area is 131 Å². The zero-order valence-electron chi connectivity index (χ0n) is 13.2. The first-order valence-electron chi connectivity index (χ1n) is 8.08. The Kier molecular flexibility index (Phi) is 5.19. The zero-order valence-corrected chi connectivity index (χ0v) is 13.2. The number of nitrogens with zero attached hydrogens (tertiary/aromatic N) is 3. The van der Waals surface area contributed by atoms with E-state index >= 15 is 0 Å². The number of hydrogen-bond acceptors (Lipinski definition) is 5. The molecule has 1 aliphatic heterocycles. The van der Waals surface area contributed by atoms with E-state index in [1.807, 2.05) is 25.3 Å². The fourth-order valence-corrected chi connectivity index (χ4v) is 3.08. The third kappa shape index (κ3) is 4.15. The second-order valence-electron chi connectivity index (χ2n) is 5.99. The van der Waals surface area contributed by atoms with Gasteiger partial charge in [-0.15, -0.1) is 0 Å². The number of aromatic nitrogens is 2. The first kappa shape index (κ1) is 15.2. The Morgan fingerprint density at radius 1 is 1.23 bits per heavy atom. The van der Waals surface area contributed by atoms with E-state index in [4.69, 9.17) is 4.52 Å². The van der Waals surface area contributed by atoms with Crippen LogP contribution in [0.25, 0.3) is 0 Å². The molecule has 0 spiro atoms. The fraction of sp³-hybridized carbons (Fsp3) is 0.529. The lowest BCUT2D eigenvalue weighted by Gasteiger charge is -2.30. The zero-order chi connectivity index (χ0) is 15.2. The Morgan fingerprint density at radius 2 is 2.14 bits per heavy atom. The molecule has 1 saturated heterocycles. The van der Waals surface area contributed by atoms with E-state index in [-0.39, 0.29) is 0 Å². The Hall–Kier alpha value is -1.72. The number of rotatable bonds is 5. The number of hydrogen-bond donors (Lipinski definition) is 1. The van der Waals surface area contributed by atoms with Crippen molar-refractivity contribution in [2.75, 3.05) is 13.1 Å². The van der Waals surface area contributed by atoms with Crippen molar-refractivity contribution >= 4 is 0 Å². The van der Waals surface area contributed by atoms with Crippen LogP contribution in [0.4, 0.5) is 0 Å². The molecule has 1 aliphatic rings. The van der Waals surface area contributed by atoms with Crippen molar-refractivity contribution in [2.45, 2.75) is 45.3 Å². The maximum atomic E-state index is 5.22. The topological polar surface area (TPSA) is 54.2 Å². The molecule has 3 rings (SSSR count). The summed E-state index contributed by atoms with van der Waals surface area (Å²) in [5.41, 5.74) is 2.12. The molecule has 2 aromatic heterocycles. The van der Waals surface area contributed by atoms with Crippen LogP contribution in [0.15, 0.2) is 35.0 Å². The van der Waals surface area contributed by atoms with Crippen molar-refractivity contribution in [2.24, 2.45) is 0 Å². The average molecular weight is 300 g/mol. The Balaban J connectivity index is 1.74. The van der Waals surface area contributed by atoms with Crippen LogP contribution in [0.5, 0.6) is 0 Å². The van der Waals surface area contributed by atoms with E-state index in [0.717, 1.165) is 43.3 Å². The summed E-state index contributed by atoms with van der Waals surface area (Å²) < 4.78 is 5.22. The van der Waals surface area contributed by atoms with Crippen molar-refractivity contribution < 1.29 is 4.52 Å². The first-order chi connectivity index (χ1) is 10.8.